The van der Waals surface area contributed by atoms with Gasteiger partial charge >= 0.3 is 0 Å². The maximum atomic E-state index is 5.45. The molecule has 1 atom stereocenters. The lowest BCUT2D eigenvalue weighted by atomic mass is 9.90. The number of rotatable bonds is 5. The number of nitrogens with one attached hydrogen (secondary N) is 1. The minimum Gasteiger partial charge on any atom is -0.380 e. The van der Waals surface area contributed by atoms with Gasteiger partial charge in [0.05, 0.1) is 6.61 Å². The zero-order chi connectivity index (χ0) is 12.1. The Hall–Kier alpha value is -1.02. The topological polar surface area (TPSA) is 21.3 Å². The highest BCUT2D eigenvalue weighted by atomic mass is 16.5. The van der Waals surface area contributed by atoms with Crippen molar-refractivity contribution in [1.29, 1.82) is 0 Å². The van der Waals surface area contributed by atoms with Crippen LogP contribution in [0.3, 0.4) is 0 Å². The van der Waals surface area contributed by atoms with Crippen molar-refractivity contribution in [3.63, 3.8) is 0 Å². The molecule has 2 heteroatoms. The first-order chi connectivity index (χ1) is 8.31. The van der Waals surface area contributed by atoms with Gasteiger partial charge in [-0.05, 0) is 56.7 Å². The molecule has 0 aliphatic heterocycles. The van der Waals surface area contributed by atoms with Crippen LogP contribution in [0.5, 0.6) is 0 Å². The molecule has 0 spiro atoms. The Morgan fingerprint density at radius 2 is 2.12 bits per heavy atom. The van der Waals surface area contributed by atoms with Crippen LogP contribution in [0.25, 0.3) is 0 Å². The van der Waals surface area contributed by atoms with Crippen LogP contribution in [-0.2, 0) is 17.6 Å². The molecule has 94 valence electrons. The summed E-state index contributed by atoms with van der Waals surface area (Å²) >= 11 is 0. The lowest BCUT2D eigenvalue weighted by Crippen LogP contribution is -2.23. The van der Waals surface area contributed by atoms with Crippen molar-refractivity contribution in [1.82, 2.24) is 0 Å². The molecule has 0 saturated carbocycles. The number of hydrogen-bond donors (Lipinski definition) is 1. The summed E-state index contributed by atoms with van der Waals surface area (Å²) in [7, 11) is 0. The van der Waals surface area contributed by atoms with E-state index < -0.39 is 0 Å². The minimum atomic E-state index is 0.378. The molecule has 1 aliphatic carbocycles. The fourth-order valence-corrected chi connectivity index (χ4v) is 2.52. The zero-order valence-electron chi connectivity index (χ0n) is 11.0. The van der Waals surface area contributed by atoms with Crippen LogP contribution >= 0.6 is 0 Å². The van der Waals surface area contributed by atoms with E-state index in [-0.39, 0.29) is 0 Å². The summed E-state index contributed by atoms with van der Waals surface area (Å²) in [5, 5.41) is 3.58. The van der Waals surface area contributed by atoms with Gasteiger partial charge in [0, 0.05) is 18.3 Å². The first-order valence-electron chi connectivity index (χ1n) is 6.76. The summed E-state index contributed by atoms with van der Waals surface area (Å²) in [5.74, 6) is 0. The quantitative estimate of drug-likeness (QED) is 0.841. The highest BCUT2D eigenvalue weighted by Crippen LogP contribution is 2.28. The number of aryl methyl sites for hydroxylation is 1. The average molecular weight is 233 g/mol. The third-order valence-corrected chi connectivity index (χ3v) is 3.37. The normalized spacial score (nSPS) is 16.4. The van der Waals surface area contributed by atoms with Crippen LogP contribution < -0.4 is 5.32 Å². The fourth-order valence-electron chi connectivity index (χ4n) is 2.52. The van der Waals surface area contributed by atoms with Gasteiger partial charge in [-0.15, -0.1) is 0 Å². The molecule has 0 saturated heterocycles. The van der Waals surface area contributed by atoms with Crippen LogP contribution in [0.4, 0.5) is 5.69 Å². The number of benzene rings is 1. The standard InChI is InChI=1S/C15H23NO/c1-3-17-11-12(2)16-15-10-6-8-13-7-4-5-9-14(13)15/h6,8,10,12,16H,3-5,7,9,11H2,1-2H3. The number of anilines is 1. The van der Waals surface area contributed by atoms with Crippen LogP contribution in [0.2, 0.25) is 0 Å². The van der Waals surface area contributed by atoms with Crippen molar-refractivity contribution in [2.24, 2.45) is 0 Å². The van der Waals surface area contributed by atoms with Crippen molar-refractivity contribution in [2.75, 3.05) is 18.5 Å². The van der Waals surface area contributed by atoms with Crippen molar-refractivity contribution in [3.05, 3.63) is 29.3 Å². The molecule has 2 rings (SSSR count). The molecular formula is C15H23NO. The van der Waals surface area contributed by atoms with Gasteiger partial charge in [-0.3, -0.25) is 0 Å². The van der Waals surface area contributed by atoms with E-state index >= 15 is 0 Å². The van der Waals surface area contributed by atoms with Gasteiger partial charge in [-0.1, -0.05) is 12.1 Å². The second-order valence-electron chi connectivity index (χ2n) is 4.86. The second-order valence-corrected chi connectivity index (χ2v) is 4.86. The van der Waals surface area contributed by atoms with E-state index in [4.69, 9.17) is 4.74 Å². The lowest BCUT2D eigenvalue weighted by Gasteiger charge is -2.22. The number of ether oxygens (including phenoxy) is 1. The Morgan fingerprint density at radius 1 is 1.29 bits per heavy atom. The molecule has 0 bridgehead atoms. The smallest absolute Gasteiger partial charge is 0.0664 e. The summed E-state index contributed by atoms with van der Waals surface area (Å²) in [6.45, 7) is 5.79. The number of fused-ring (bicyclic) bond motifs is 1. The van der Waals surface area contributed by atoms with E-state index in [1.807, 2.05) is 6.92 Å². The van der Waals surface area contributed by atoms with Gasteiger partial charge in [0.15, 0.2) is 0 Å². The van der Waals surface area contributed by atoms with Gasteiger partial charge in [0.1, 0.15) is 0 Å². The monoisotopic (exact) mass is 233 g/mol. The molecule has 1 aromatic carbocycles. The maximum absolute atomic E-state index is 5.45. The molecule has 1 unspecified atom stereocenters. The van der Waals surface area contributed by atoms with Crippen molar-refractivity contribution >= 4 is 5.69 Å². The van der Waals surface area contributed by atoms with Crippen LogP contribution in [0.1, 0.15) is 37.8 Å². The predicted octanol–water partition coefficient (Wildman–Crippen LogP) is 3.40. The summed E-state index contributed by atoms with van der Waals surface area (Å²) < 4.78 is 5.45. The highest BCUT2D eigenvalue weighted by molar-refractivity contribution is 5.56. The Balaban J connectivity index is 2.05. The Labute approximate surface area is 104 Å². The van der Waals surface area contributed by atoms with Gasteiger partial charge in [-0.25, -0.2) is 0 Å². The molecule has 0 radical (unpaired) electrons. The van der Waals surface area contributed by atoms with Gasteiger partial charge in [0.2, 0.25) is 0 Å². The predicted molar refractivity (Wildman–Crippen MR) is 72.7 cm³/mol. The van der Waals surface area contributed by atoms with E-state index in [0.29, 0.717) is 6.04 Å². The Kier molecular flexibility index (Phi) is 4.43. The second kappa shape index (κ2) is 6.06. The lowest BCUT2D eigenvalue weighted by molar-refractivity contribution is 0.141. The molecule has 1 aromatic rings. The summed E-state index contributed by atoms with van der Waals surface area (Å²) in [6, 6.07) is 7.02. The van der Waals surface area contributed by atoms with E-state index in [0.717, 1.165) is 13.2 Å². The first kappa shape index (κ1) is 12.4. The van der Waals surface area contributed by atoms with Crippen LogP contribution in [0.15, 0.2) is 18.2 Å². The molecule has 17 heavy (non-hydrogen) atoms. The molecule has 2 nitrogen and oxygen atoms in total. The molecule has 0 fully saturated rings. The summed E-state index contributed by atoms with van der Waals surface area (Å²) in [6.07, 6.45) is 5.13. The molecular weight excluding hydrogens is 210 g/mol. The van der Waals surface area contributed by atoms with Crippen LogP contribution in [0, 0.1) is 0 Å². The highest BCUT2D eigenvalue weighted by Gasteiger charge is 2.13. The Bertz CT molecular complexity index is 362. The average Bonchev–Trinajstić information content (AvgIpc) is 2.37. The SMILES string of the molecule is CCOCC(C)Nc1cccc2c1CCCC2. The van der Waals surface area contributed by atoms with Crippen LogP contribution in [-0.4, -0.2) is 19.3 Å². The Morgan fingerprint density at radius 3 is 2.94 bits per heavy atom. The molecule has 0 heterocycles. The maximum Gasteiger partial charge on any atom is 0.0664 e. The third kappa shape index (κ3) is 3.22. The van der Waals surface area contributed by atoms with Crippen molar-refractivity contribution < 1.29 is 4.74 Å². The van der Waals surface area contributed by atoms with E-state index in [1.165, 1.54) is 42.5 Å². The first-order valence-corrected chi connectivity index (χ1v) is 6.76. The summed E-state index contributed by atoms with van der Waals surface area (Å²) in [5.41, 5.74) is 4.38. The molecule has 1 aliphatic rings. The number of hydrogen-bond acceptors (Lipinski definition) is 2. The van der Waals surface area contributed by atoms with Crippen molar-refractivity contribution in [3.8, 4) is 0 Å². The van der Waals surface area contributed by atoms with Gasteiger partial charge in [0.25, 0.3) is 0 Å². The van der Waals surface area contributed by atoms with Crippen molar-refractivity contribution in [2.45, 2.75) is 45.6 Å². The zero-order valence-corrected chi connectivity index (χ0v) is 11.0. The largest absolute Gasteiger partial charge is 0.380 e. The van der Waals surface area contributed by atoms with Gasteiger partial charge < -0.3 is 10.1 Å². The van der Waals surface area contributed by atoms with E-state index in [2.05, 4.69) is 30.4 Å². The molecule has 0 aromatic heterocycles. The van der Waals surface area contributed by atoms with Gasteiger partial charge in [-0.2, -0.15) is 0 Å². The minimum absolute atomic E-state index is 0.378. The van der Waals surface area contributed by atoms with E-state index in [9.17, 15) is 0 Å². The fraction of sp³-hybridized carbons (Fsp3) is 0.600. The molecule has 1 N–H and O–H groups in total. The van der Waals surface area contributed by atoms with E-state index in [1.54, 1.807) is 0 Å². The molecule has 0 amide bonds. The summed E-state index contributed by atoms with van der Waals surface area (Å²) in [4.78, 5) is 0. The third-order valence-electron chi connectivity index (χ3n) is 3.37.